The van der Waals surface area contributed by atoms with Crippen LogP contribution in [0.1, 0.15) is 18.4 Å². The molecule has 1 heterocycles. The van der Waals surface area contributed by atoms with E-state index >= 15 is 0 Å². The Balaban J connectivity index is 1.46. The van der Waals surface area contributed by atoms with E-state index in [9.17, 15) is 13.2 Å². The molecule has 1 atom stereocenters. The highest BCUT2D eigenvalue weighted by atomic mass is 32.2. The number of fused-ring (bicyclic) bond motifs is 1. The standard InChI is InChI=1S/C21H26N2O5S/c1-16-7-5-8-17(13-16)23(29(2,25)26)12-6-11-21(24)22-14-18-15-27-19-9-3-4-10-20(19)28-18/h3-5,7-10,13,18H,6,11-12,14-15H2,1-2H3,(H,22,24). The van der Waals surface area contributed by atoms with Crippen LogP contribution in [0.2, 0.25) is 0 Å². The van der Waals surface area contributed by atoms with Gasteiger partial charge in [-0.15, -0.1) is 0 Å². The van der Waals surface area contributed by atoms with Crippen molar-refractivity contribution in [1.29, 1.82) is 0 Å². The van der Waals surface area contributed by atoms with Crippen LogP contribution < -0.4 is 19.1 Å². The summed E-state index contributed by atoms with van der Waals surface area (Å²) in [5, 5.41) is 2.83. The second-order valence-electron chi connectivity index (χ2n) is 7.08. The molecule has 29 heavy (non-hydrogen) atoms. The average Bonchev–Trinajstić information content (AvgIpc) is 2.68. The lowest BCUT2D eigenvalue weighted by Gasteiger charge is -2.26. The van der Waals surface area contributed by atoms with Gasteiger partial charge in [-0.1, -0.05) is 24.3 Å². The highest BCUT2D eigenvalue weighted by Crippen LogP contribution is 2.30. The number of ether oxygens (including phenoxy) is 2. The molecule has 1 N–H and O–H groups in total. The lowest BCUT2D eigenvalue weighted by molar-refractivity contribution is -0.121. The fourth-order valence-corrected chi connectivity index (χ4v) is 4.09. The summed E-state index contributed by atoms with van der Waals surface area (Å²) in [4.78, 5) is 12.2. The van der Waals surface area contributed by atoms with Crippen LogP contribution in [-0.4, -0.2) is 46.4 Å². The number of nitrogens with zero attached hydrogens (tertiary/aromatic N) is 1. The van der Waals surface area contributed by atoms with E-state index in [4.69, 9.17) is 9.47 Å². The van der Waals surface area contributed by atoms with Crippen molar-refractivity contribution >= 4 is 21.6 Å². The second-order valence-corrected chi connectivity index (χ2v) is 8.99. The molecule has 8 heteroatoms. The quantitative estimate of drug-likeness (QED) is 0.712. The maximum absolute atomic E-state index is 12.2. The van der Waals surface area contributed by atoms with Crippen LogP contribution in [0, 0.1) is 6.92 Å². The van der Waals surface area contributed by atoms with E-state index in [2.05, 4.69) is 5.32 Å². The third-order valence-electron chi connectivity index (χ3n) is 4.55. The topological polar surface area (TPSA) is 84.9 Å². The molecule has 1 unspecified atom stereocenters. The van der Waals surface area contributed by atoms with Gasteiger partial charge in [0.1, 0.15) is 12.7 Å². The maximum Gasteiger partial charge on any atom is 0.232 e. The first-order valence-corrected chi connectivity index (χ1v) is 11.4. The maximum atomic E-state index is 12.2. The largest absolute Gasteiger partial charge is 0.486 e. The van der Waals surface area contributed by atoms with Crippen LogP contribution >= 0.6 is 0 Å². The van der Waals surface area contributed by atoms with Crippen LogP contribution in [0.5, 0.6) is 11.5 Å². The van der Waals surface area contributed by atoms with Gasteiger partial charge in [-0.05, 0) is 43.2 Å². The molecule has 156 valence electrons. The van der Waals surface area contributed by atoms with Gasteiger partial charge in [0.05, 0.1) is 18.5 Å². The van der Waals surface area contributed by atoms with Crippen molar-refractivity contribution in [3.05, 3.63) is 54.1 Å². The molecule has 7 nitrogen and oxygen atoms in total. The Morgan fingerprint density at radius 3 is 2.66 bits per heavy atom. The zero-order valence-corrected chi connectivity index (χ0v) is 17.4. The minimum atomic E-state index is -3.43. The number of hydrogen-bond acceptors (Lipinski definition) is 5. The summed E-state index contributed by atoms with van der Waals surface area (Å²) >= 11 is 0. The molecule has 0 aliphatic carbocycles. The fourth-order valence-electron chi connectivity index (χ4n) is 3.13. The van der Waals surface area contributed by atoms with Gasteiger partial charge < -0.3 is 14.8 Å². The Labute approximate surface area is 171 Å². The van der Waals surface area contributed by atoms with E-state index in [0.717, 1.165) is 5.56 Å². The number of amides is 1. The second kappa shape index (κ2) is 9.17. The minimum absolute atomic E-state index is 0.148. The van der Waals surface area contributed by atoms with E-state index in [0.29, 0.717) is 36.8 Å². The fraction of sp³-hybridized carbons (Fsp3) is 0.381. The van der Waals surface area contributed by atoms with Gasteiger partial charge in [-0.3, -0.25) is 9.10 Å². The highest BCUT2D eigenvalue weighted by molar-refractivity contribution is 7.92. The molecular weight excluding hydrogens is 392 g/mol. The Hall–Kier alpha value is -2.74. The number of para-hydroxylation sites is 2. The van der Waals surface area contributed by atoms with Crippen molar-refractivity contribution in [2.24, 2.45) is 0 Å². The third kappa shape index (κ3) is 5.87. The molecule has 2 aromatic rings. The van der Waals surface area contributed by atoms with E-state index in [1.54, 1.807) is 6.07 Å². The van der Waals surface area contributed by atoms with Gasteiger partial charge >= 0.3 is 0 Å². The molecule has 1 aliphatic heterocycles. The molecular formula is C21H26N2O5S. The molecule has 0 radical (unpaired) electrons. The molecule has 0 spiro atoms. The van der Waals surface area contributed by atoms with E-state index in [-0.39, 0.29) is 25.0 Å². The molecule has 2 aromatic carbocycles. The Morgan fingerprint density at radius 2 is 1.93 bits per heavy atom. The number of hydrogen-bond donors (Lipinski definition) is 1. The summed E-state index contributed by atoms with van der Waals surface area (Å²) in [5.41, 5.74) is 1.59. The number of aryl methyl sites for hydroxylation is 1. The number of anilines is 1. The van der Waals surface area contributed by atoms with Gasteiger partial charge in [0.2, 0.25) is 15.9 Å². The van der Waals surface area contributed by atoms with Crippen molar-refractivity contribution in [3.63, 3.8) is 0 Å². The van der Waals surface area contributed by atoms with Crippen molar-refractivity contribution in [2.45, 2.75) is 25.9 Å². The Bertz CT molecular complexity index is 961. The van der Waals surface area contributed by atoms with Crippen LogP contribution in [0.15, 0.2) is 48.5 Å². The lowest BCUT2D eigenvalue weighted by atomic mass is 10.2. The van der Waals surface area contributed by atoms with Gasteiger partial charge in [0, 0.05) is 13.0 Å². The molecule has 1 amide bonds. The Kier molecular flexibility index (Phi) is 6.64. The summed E-state index contributed by atoms with van der Waals surface area (Å²) in [7, 11) is -3.43. The van der Waals surface area contributed by atoms with Gasteiger partial charge in [-0.25, -0.2) is 8.42 Å². The van der Waals surface area contributed by atoms with Crippen LogP contribution in [0.4, 0.5) is 5.69 Å². The SMILES string of the molecule is Cc1cccc(N(CCCC(=O)NCC2COc3ccccc3O2)S(C)(=O)=O)c1. The lowest BCUT2D eigenvalue weighted by Crippen LogP contribution is -2.41. The molecule has 0 saturated heterocycles. The molecule has 0 saturated carbocycles. The monoisotopic (exact) mass is 418 g/mol. The van der Waals surface area contributed by atoms with Gasteiger partial charge in [0.25, 0.3) is 0 Å². The highest BCUT2D eigenvalue weighted by Gasteiger charge is 2.21. The van der Waals surface area contributed by atoms with Crippen LogP contribution in [-0.2, 0) is 14.8 Å². The minimum Gasteiger partial charge on any atom is -0.486 e. The first-order chi connectivity index (χ1) is 13.8. The molecule has 0 aromatic heterocycles. The van der Waals surface area contributed by atoms with Crippen LogP contribution in [0.25, 0.3) is 0 Å². The smallest absolute Gasteiger partial charge is 0.232 e. The van der Waals surface area contributed by atoms with Crippen molar-refractivity contribution in [1.82, 2.24) is 5.32 Å². The number of rotatable bonds is 8. The normalized spacial score (nSPS) is 15.6. The van der Waals surface area contributed by atoms with Crippen molar-refractivity contribution in [3.8, 4) is 11.5 Å². The first-order valence-electron chi connectivity index (χ1n) is 9.52. The summed E-state index contributed by atoms with van der Waals surface area (Å²) in [6, 6.07) is 14.7. The van der Waals surface area contributed by atoms with Gasteiger partial charge in [0.15, 0.2) is 11.5 Å². The number of carbonyl (C=O) groups excluding carboxylic acids is 1. The summed E-state index contributed by atoms with van der Waals surface area (Å²) in [6.45, 7) is 2.85. The number of sulfonamides is 1. The Morgan fingerprint density at radius 1 is 1.17 bits per heavy atom. The molecule has 0 bridgehead atoms. The summed E-state index contributed by atoms with van der Waals surface area (Å²) in [5.74, 6) is 1.22. The average molecular weight is 419 g/mol. The van der Waals surface area contributed by atoms with E-state index < -0.39 is 10.0 Å². The van der Waals surface area contributed by atoms with Crippen molar-refractivity contribution < 1.29 is 22.7 Å². The predicted molar refractivity (Wildman–Crippen MR) is 112 cm³/mol. The molecule has 3 rings (SSSR count). The van der Waals surface area contributed by atoms with Crippen LogP contribution in [0.3, 0.4) is 0 Å². The number of benzene rings is 2. The van der Waals surface area contributed by atoms with Crippen molar-refractivity contribution in [2.75, 3.05) is 30.3 Å². The summed E-state index contributed by atoms with van der Waals surface area (Å²) in [6.07, 6.45) is 1.56. The van der Waals surface area contributed by atoms with E-state index in [1.165, 1.54) is 10.6 Å². The predicted octanol–water partition coefficient (Wildman–Crippen LogP) is 2.50. The molecule has 1 aliphatic rings. The summed E-state index contributed by atoms with van der Waals surface area (Å²) < 4.78 is 37.1. The zero-order chi connectivity index (χ0) is 20.9. The van der Waals surface area contributed by atoms with E-state index in [1.807, 2.05) is 49.4 Å². The first kappa shape index (κ1) is 21.0. The number of nitrogens with one attached hydrogen (secondary N) is 1. The van der Waals surface area contributed by atoms with Gasteiger partial charge in [-0.2, -0.15) is 0 Å². The third-order valence-corrected chi connectivity index (χ3v) is 5.74. The number of carbonyl (C=O) groups is 1. The zero-order valence-electron chi connectivity index (χ0n) is 16.6. The molecule has 0 fully saturated rings.